The SMILES string of the molecule is C=CC(=O)[N+]1(C)CCN(C[C@H](Oc2ccc(C(O)Nc3ccnc4nc[nH]c34)cc2)c2ccc(C)c(F)c2)C[C@H]1C. The van der Waals surface area contributed by atoms with Crippen molar-refractivity contribution in [3.05, 3.63) is 96.2 Å². The van der Waals surface area contributed by atoms with Crippen molar-refractivity contribution >= 4 is 22.8 Å². The molecule has 214 valence electrons. The Labute approximate surface area is 238 Å². The number of ether oxygens (including phenoxy) is 1. The number of piperazine rings is 1. The fourth-order valence-electron chi connectivity index (χ4n) is 5.26. The van der Waals surface area contributed by atoms with E-state index in [4.69, 9.17) is 4.74 Å². The first-order chi connectivity index (χ1) is 19.7. The zero-order valence-electron chi connectivity index (χ0n) is 23.5. The van der Waals surface area contributed by atoms with Crippen molar-refractivity contribution in [3.63, 3.8) is 0 Å². The summed E-state index contributed by atoms with van der Waals surface area (Å²) in [6.07, 6.45) is 3.17. The van der Waals surface area contributed by atoms with Crippen molar-refractivity contribution in [3.8, 4) is 5.75 Å². The topological polar surface area (TPSA) is 103 Å². The highest BCUT2D eigenvalue weighted by molar-refractivity contribution is 5.84. The molecule has 1 aliphatic rings. The fraction of sp³-hybridized carbons (Fsp3) is 0.323. The summed E-state index contributed by atoms with van der Waals surface area (Å²) >= 11 is 0. The van der Waals surface area contributed by atoms with E-state index >= 15 is 0 Å². The number of aromatic amines is 1. The molecule has 2 aromatic heterocycles. The van der Waals surface area contributed by atoms with E-state index in [0.29, 0.717) is 64.4 Å². The molecule has 2 unspecified atom stereocenters. The van der Waals surface area contributed by atoms with Crippen LogP contribution in [0.5, 0.6) is 5.75 Å². The average Bonchev–Trinajstić information content (AvgIpc) is 3.46. The number of aliphatic hydroxyl groups excluding tert-OH is 1. The highest BCUT2D eigenvalue weighted by Crippen LogP contribution is 2.29. The number of aryl methyl sites for hydroxylation is 1. The Bertz CT molecular complexity index is 1540. The Hall–Kier alpha value is -4.12. The maximum Gasteiger partial charge on any atom is 0.338 e. The third-order valence-corrected chi connectivity index (χ3v) is 8.14. The van der Waals surface area contributed by atoms with Gasteiger partial charge in [-0.2, -0.15) is 0 Å². The second kappa shape index (κ2) is 11.8. The maximum atomic E-state index is 14.6. The average molecular weight is 560 g/mol. The van der Waals surface area contributed by atoms with Crippen LogP contribution in [0.2, 0.25) is 0 Å². The van der Waals surface area contributed by atoms with Gasteiger partial charge in [-0.3, -0.25) is 9.38 Å². The molecule has 3 heterocycles. The lowest BCUT2D eigenvalue weighted by molar-refractivity contribution is -0.861. The number of carbonyl (C=O) groups excluding carboxylic acids is 1. The van der Waals surface area contributed by atoms with Crippen LogP contribution in [0.4, 0.5) is 10.1 Å². The number of nitrogens with one attached hydrogen (secondary N) is 2. The quantitative estimate of drug-likeness (QED) is 0.158. The van der Waals surface area contributed by atoms with Gasteiger partial charge in [-0.15, -0.1) is 0 Å². The van der Waals surface area contributed by atoms with Crippen LogP contribution in [0.1, 0.15) is 35.9 Å². The summed E-state index contributed by atoms with van der Waals surface area (Å²) < 4.78 is 21.3. The molecule has 5 rings (SSSR count). The number of hydrogen-bond donors (Lipinski definition) is 3. The van der Waals surface area contributed by atoms with Gasteiger partial charge >= 0.3 is 5.91 Å². The highest BCUT2D eigenvalue weighted by atomic mass is 19.1. The Morgan fingerprint density at radius 1 is 1.27 bits per heavy atom. The molecule has 9 nitrogen and oxygen atoms in total. The predicted octanol–water partition coefficient (Wildman–Crippen LogP) is 4.49. The highest BCUT2D eigenvalue weighted by Gasteiger charge is 2.41. The summed E-state index contributed by atoms with van der Waals surface area (Å²) in [6, 6.07) is 14.2. The van der Waals surface area contributed by atoms with Crippen LogP contribution >= 0.6 is 0 Å². The second-order valence-electron chi connectivity index (χ2n) is 10.8. The molecular formula is C31H36FN6O3+. The first kappa shape index (κ1) is 28.4. The van der Waals surface area contributed by atoms with Crippen molar-refractivity contribution in [2.75, 3.05) is 38.5 Å². The molecule has 0 aliphatic carbocycles. The number of nitrogens with zero attached hydrogens (tertiary/aromatic N) is 4. The summed E-state index contributed by atoms with van der Waals surface area (Å²) in [5, 5.41) is 13.9. The molecule has 0 radical (unpaired) electrons. The number of benzene rings is 2. The smallest absolute Gasteiger partial charge is 0.338 e. The number of likely N-dealkylation sites (N-methyl/N-ethyl adjacent to an activating group) is 1. The van der Waals surface area contributed by atoms with Crippen molar-refractivity contribution < 1.29 is 23.5 Å². The molecule has 1 amide bonds. The zero-order valence-corrected chi connectivity index (χ0v) is 23.5. The minimum absolute atomic E-state index is 0.0141. The number of quaternary nitrogens is 1. The van der Waals surface area contributed by atoms with Crippen LogP contribution in [0.3, 0.4) is 0 Å². The van der Waals surface area contributed by atoms with Gasteiger partial charge in [0.15, 0.2) is 11.9 Å². The molecule has 4 atom stereocenters. The van der Waals surface area contributed by atoms with Gasteiger partial charge < -0.3 is 20.1 Å². The zero-order chi connectivity index (χ0) is 29.1. The van der Waals surface area contributed by atoms with E-state index < -0.39 is 12.3 Å². The summed E-state index contributed by atoms with van der Waals surface area (Å²) in [7, 11) is 1.95. The van der Waals surface area contributed by atoms with Gasteiger partial charge in [0.05, 0.1) is 32.2 Å². The molecule has 4 aromatic rings. The molecule has 10 heteroatoms. The van der Waals surface area contributed by atoms with E-state index in [1.54, 1.807) is 55.8 Å². The molecule has 1 fully saturated rings. The standard InChI is InChI=1S/C31H36FN6O3/c1-5-28(39)38(4)15-14-37(17-21(38)3)18-27(23-7-6-20(2)25(32)16-23)41-24-10-8-22(9-11-24)31(40)36-26-12-13-33-30-29(26)34-19-35-30/h5-13,16,19,21,27,31,40H,1,14-15,17-18H2,2-4H3,(H2,33,34,35,36)/q+1/t21-,27+,31?,38?/m1/s1. The van der Waals surface area contributed by atoms with E-state index in [1.165, 1.54) is 12.1 Å². The van der Waals surface area contributed by atoms with Gasteiger partial charge in [-0.05, 0) is 49.2 Å². The first-order valence-electron chi connectivity index (χ1n) is 13.7. The maximum absolute atomic E-state index is 14.6. The minimum Gasteiger partial charge on any atom is -0.484 e. The predicted molar refractivity (Wildman–Crippen MR) is 156 cm³/mol. The number of fused-ring (bicyclic) bond motifs is 1. The van der Waals surface area contributed by atoms with Gasteiger partial charge in [0, 0.05) is 30.9 Å². The van der Waals surface area contributed by atoms with Crippen LogP contribution in [0, 0.1) is 12.7 Å². The molecule has 1 saturated heterocycles. The van der Waals surface area contributed by atoms with Crippen molar-refractivity contribution in [2.24, 2.45) is 0 Å². The first-order valence-corrected chi connectivity index (χ1v) is 13.7. The van der Waals surface area contributed by atoms with Crippen LogP contribution in [-0.2, 0) is 4.79 Å². The number of rotatable bonds is 9. The van der Waals surface area contributed by atoms with Crippen LogP contribution < -0.4 is 10.1 Å². The van der Waals surface area contributed by atoms with E-state index in [1.807, 2.05) is 13.1 Å². The summed E-state index contributed by atoms with van der Waals surface area (Å²) in [6.45, 7) is 10.1. The number of aliphatic hydroxyl groups is 1. The molecule has 2 aromatic carbocycles. The summed E-state index contributed by atoms with van der Waals surface area (Å²) in [4.78, 5) is 26.2. The Morgan fingerprint density at radius 3 is 2.73 bits per heavy atom. The van der Waals surface area contributed by atoms with Crippen molar-refractivity contribution in [1.82, 2.24) is 19.9 Å². The van der Waals surface area contributed by atoms with Crippen LogP contribution in [0.15, 0.2) is 73.7 Å². The van der Waals surface area contributed by atoms with Gasteiger partial charge in [0.1, 0.15) is 29.2 Å². The van der Waals surface area contributed by atoms with E-state index in [2.05, 4.69) is 38.7 Å². The van der Waals surface area contributed by atoms with Crippen molar-refractivity contribution in [2.45, 2.75) is 32.2 Å². The number of imidazole rings is 1. The number of hydrogen-bond acceptors (Lipinski definition) is 7. The van der Waals surface area contributed by atoms with Gasteiger partial charge in [-0.1, -0.05) is 30.8 Å². The molecule has 1 aliphatic heterocycles. The minimum atomic E-state index is -0.972. The molecule has 0 spiro atoms. The van der Waals surface area contributed by atoms with Gasteiger partial charge in [-0.25, -0.2) is 19.2 Å². The van der Waals surface area contributed by atoms with Gasteiger partial charge in [0.2, 0.25) is 0 Å². The molecular weight excluding hydrogens is 523 g/mol. The van der Waals surface area contributed by atoms with Gasteiger partial charge in [0.25, 0.3) is 0 Å². The number of pyridine rings is 1. The number of carbonyl (C=O) groups is 1. The largest absolute Gasteiger partial charge is 0.484 e. The number of aromatic nitrogens is 3. The lowest BCUT2D eigenvalue weighted by Gasteiger charge is -2.45. The Morgan fingerprint density at radius 2 is 2.02 bits per heavy atom. The fourth-order valence-corrected chi connectivity index (χ4v) is 5.26. The summed E-state index contributed by atoms with van der Waals surface area (Å²) in [5.41, 5.74) is 3.90. The Kier molecular flexibility index (Phi) is 8.16. The van der Waals surface area contributed by atoms with E-state index in [9.17, 15) is 14.3 Å². The third kappa shape index (κ3) is 6.00. The molecule has 41 heavy (non-hydrogen) atoms. The number of halogens is 1. The van der Waals surface area contributed by atoms with E-state index in [0.717, 1.165) is 5.56 Å². The number of anilines is 1. The molecule has 3 N–H and O–H groups in total. The monoisotopic (exact) mass is 559 g/mol. The normalized spacial score (nSPS) is 20.9. The lowest BCUT2D eigenvalue weighted by atomic mass is 10.0. The lowest BCUT2D eigenvalue weighted by Crippen LogP contribution is -2.65. The van der Waals surface area contributed by atoms with E-state index in [-0.39, 0.29) is 17.8 Å². The Balaban J connectivity index is 1.31. The van der Waals surface area contributed by atoms with Crippen molar-refractivity contribution in [1.29, 1.82) is 0 Å². The summed E-state index contributed by atoms with van der Waals surface area (Å²) in [5.74, 6) is 0.329. The molecule has 0 bridgehead atoms. The third-order valence-electron chi connectivity index (χ3n) is 8.14. The van der Waals surface area contributed by atoms with Crippen LogP contribution in [0.25, 0.3) is 11.2 Å². The number of amides is 1. The molecule has 0 saturated carbocycles. The number of H-pyrrole nitrogens is 1. The van der Waals surface area contributed by atoms with Crippen LogP contribution in [-0.4, -0.2) is 74.6 Å². The second-order valence-corrected chi connectivity index (χ2v) is 10.8.